The van der Waals surface area contributed by atoms with Crippen molar-refractivity contribution in [1.29, 1.82) is 0 Å². The zero-order valence-electron chi connectivity index (χ0n) is 8.71. The smallest absolute Gasteiger partial charge is 0.125 e. The molecule has 1 aromatic carbocycles. The molecule has 2 nitrogen and oxygen atoms in total. The van der Waals surface area contributed by atoms with E-state index in [1.54, 1.807) is 0 Å². The van der Waals surface area contributed by atoms with Gasteiger partial charge in [0.2, 0.25) is 0 Å². The van der Waals surface area contributed by atoms with Crippen molar-refractivity contribution in [3.05, 3.63) is 28.8 Å². The zero-order chi connectivity index (χ0) is 10.7. The molecule has 0 radical (unpaired) electrons. The van der Waals surface area contributed by atoms with Gasteiger partial charge in [-0.3, -0.25) is 0 Å². The maximum atomic E-state index is 6.02. The van der Waals surface area contributed by atoms with Crippen molar-refractivity contribution >= 4 is 11.6 Å². The molecule has 1 aliphatic carbocycles. The minimum Gasteiger partial charge on any atom is -0.493 e. The Morgan fingerprint density at radius 2 is 2.20 bits per heavy atom. The first-order valence-corrected chi connectivity index (χ1v) is 5.79. The number of nitrogens with two attached hydrogens (primary N) is 1. The summed E-state index contributed by atoms with van der Waals surface area (Å²) >= 11 is 6.02. The van der Waals surface area contributed by atoms with Gasteiger partial charge in [-0.1, -0.05) is 30.5 Å². The minimum absolute atomic E-state index is 0.429. The van der Waals surface area contributed by atoms with Gasteiger partial charge in [0, 0.05) is 17.1 Å². The van der Waals surface area contributed by atoms with Gasteiger partial charge in [0.1, 0.15) is 5.75 Å². The van der Waals surface area contributed by atoms with Crippen molar-refractivity contribution in [1.82, 2.24) is 0 Å². The first-order valence-electron chi connectivity index (χ1n) is 5.41. The van der Waals surface area contributed by atoms with Crippen molar-refractivity contribution in [2.45, 2.75) is 25.8 Å². The van der Waals surface area contributed by atoms with Crippen LogP contribution in [0.4, 0.5) is 0 Å². The summed E-state index contributed by atoms with van der Waals surface area (Å²) in [5.74, 6) is 1.73. The SMILES string of the molecule is NCc1c(Cl)cccc1OCCC1CC1. The van der Waals surface area contributed by atoms with Crippen LogP contribution in [0.3, 0.4) is 0 Å². The standard InChI is InChI=1S/C12H16ClNO/c13-11-2-1-3-12(10(11)8-14)15-7-6-9-4-5-9/h1-3,9H,4-8,14H2. The average Bonchev–Trinajstić information content (AvgIpc) is 3.02. The van der Waals surface area contributed by atoms with Gasteiger partial charge < -0.3 is 10.5 Å². The van der Waals surface area contributed by atoms with Crippen LogP contribution in [-0.4, -0.2) is 6.61 Å². The summed E-state index contributed by atoms with van der Waals surface area (Å²) in [6, 6.07) is 5.67. The summed E-state index contributed by atoms with van der Waals surface area (Å²) in [6.07, 6.45) is 3.88. The van der Waals surface area contributed by atoms with E-state index in [1.165, 1.54) is 12.8 Å². The molecule has 0 bridgehead atoms. The van der Waals surface area contributed by atoms with Gasteiger partial charge in [0.15, 0.2) is 0 Å². The Hall–Kier alpha value is -0.730. The van der Waals surface area contributed by atoms with Crippen LogP contribution in [-0.2, 0) is 6.54 Å². The van der Waals surface area contributed by atoms with Gasteiger partial charge in [-0.15, -0.1) is 0 Å². The number of rotatable bonds is 5. The van der Waals surface area contributed by atoms with Crippen molar-refractivity contribution in [3.8, 4) is 5.75 Å². The van der Waals surface area contributed by atoms with E-state index in [9.17, 15) is 0 Å². The third-order valence-corrected chi connectivity index (χ3v) is 3.11. The molecule has 0 aromatic heterocycles. The lowest BCUT2D eigenvalue weighted by Crippen LogP contribution is -2.04. The molecule has 0 aliphatic heterocycles. The van der Waals surface area contributed by atoms with E-state index in [4.69, 9.17) is 22.1 Å². The largest absolute Gasteiger partial charge is 0.493 e. The van der Waals surface area contributed by atoms with Gasteiger partial charge in [0.05, 0.1) is 6.61 Å². The van der Waals surface area contributed by atoms with Gasteiger partial charge in [0.25, 0.3) is 0 Å². The van der Waals surface area contributed by atoms with Gasteiger partial charge >= 0.3 is 0 Å². The second kappa shape index (κ2) is 4.86. The molecule has 0 saturated heterocycles. The summed E-state index contributed by atoms with van der Waals surface area (Å²) in [5, 5.41) is 0.696. The fraction of sp³-hybridized carbons (Fsp3) is 0.500. The van der Waals surface area contributed by atoms with Crippen molar-refractivity contribution in [2.75, 3.05) is 6.61 Å². The van der Waals surface area contributed by atoms with Crippen LogP contribution in [0.1, 0.15) is 24.8 Å². The summed E-state index contributed by atoms with van der Waals surface area (Å²) in [6.45, 7) is 1.20. The molecular formula is C12H16ClNO. The van der Waals surface area contributed by atoms with Gasteiger partial charge in [-0.2, -0.15) is 0 Å². The maximum absolute atomic E-state index is 6.02. The number of benzene rings is 1. The monoisotopic (exact) mass is 225 g/mol. The molecule has 1 aliphatic rings. The van der Waals surface area contributed by atoms with Crippen molar-refractivity contribution in [2.24, 2.45) is 11.7 Å². The lowest BCUT2D eigenvalue weighted by molar-refractivity contribution is 0.299. The molecular weight excluding hydrogens is 210 g/mol. The third-order valence-electron chi connectivity index (χ3n) is 2.76. The van der Waals surface area contributed by atoms with Crippen LogP contribution < -0.4 is 10.5 Å². The van der Waals surface area contributed by atoms with E-state index in [0.717, 1.165) is 30.3 Å². The second-order valence-electron chi connectivity index (χ2n) is 4.00. The third kappa shape index (κ3) is 2.86. The Bertz CT molecular complexity index is 336. The maximum Gasteiger partial charge on any atom is 0.125 e. The molecule has 2 rings (SSSR count). The van der Waals surface area contributed by atoms with E-state index in [0.29, 0.717) is 11.6 Å². The molecule has 0 unspecified atom stereocenters. The predicted molar refractivity (Wildman–Crippen MR) is 62.2 cm³/mol. The Morgan fingerprint density at radius 1 is 1.40 bits per heavy atom. The van der Waals surface area contributed by atoms with E-state index < -0.39 is 0 Å². The van der Waals surface area contributed by atoms with Crippen LogP contribution in [0.5, 0.6) is 5.75 Å². The van der Waals surface area contributed by atoms with E-state index in [2.05, 4.69) is 0 Å². The second-order valence-corrected chi connectivity index (χ2v) is 4.41. The molecule has 0 atom stereocenters. The Kier molecular flexibility index (Phi) is 3.49. The van der Waals surface area contributed by atoms with Crippen LogP contribution >= 0.6 is 11.6 Å². The van der Waals surface area contributed by atoms with Crippen LogP contribution in [0.2, 0.25) is 5.02 Å². The first kappa shape index (κ1) is 10.8. The van der Waals surface area contributed by atoms with Crippen LogP contribution in [0, 0.1) is 5.92 Å². The fourth-order valence-corrected chi connectivity index (χ4v) is 1.86. The summed E-state index contributed by atoms with van der Waals surface area (Å²) in [4.78, 5) is 0. The highest BCUT2D eigenvalue weighted by Crippen LogP contribution is 2.33. The number of hydrogen-bond acceptors (Lipinski definition) is 2. The molecule has 82 valence electrons. The predicted octanol–water partition coefficient (Wildman–Crippen LogP) is 2.98. The molecule has 1 saturated carbocycles. The van der Waals surface area contributed by atoms with Crippen molar-refractivity contribution in [3.63, 3.8) is 0 Å². The molecule has 15 heavy (non-hydrogen) atoms. The first-order chi connectivity index (χ1) is 7.31. The van der Waals surface area contributed by atoms with Gasteiger partial charge in [-0.05, 0) is 24.5 Å². The lowest BCUT2D eigenvalue weighted by Gasteiger charge is -2.11. The zero-order valence-corrected chi connectivity index (χ0v) is 9.46. The Morgan fingerprint density at radius 3 is 2.87 bits per heavy atom. The Labute approximate surface area is 95.4 Å². The number of halogens is 1. The normalized spacial score (nSPS) is 15.3. The lowest BCUT2D eigenvalue weighted by atomic mass is 10.2. The van der Waals surface area contributed by atoms with E-state index in [1.807, 2.05) is 18.2 Å². The highest BCUT2D eigenvalue weighted by atomic mass is 35.5. The molecule has 0 amide bonds. The molecule has 1 fully saturated rings. The van der Waals surface area contributed by atoms with E-state index >= 15 is 0 Å². The average molecular weight is 226 g/mol. The van der Waals surface area contributed by atoms with Crippen molar-refractivity contribution < 1.29 is 4.74 Å². The van der Waals surface area contributed by atoms with E-state index in [-0.39, 0.29) is 0 Å². The summed E-state index contributed by atoms with van der Waals surface area (Å²) < 4.78 is 5.70. The highest BCUT2D eigenvalue weighted by molar-refractivity contribution is 6.31. The summed E-state index contributed by atoms with van der Waals surface area (Å²) in [7, 11) is 0. The molecule has 0 heterocycles. The number of hydrogen-bond donors (Lipinski definition) is 1. The summed E-state index contributed by atoms with van der Waals surface area (Å²) in [5.41, 5.74) is 6.54. The highest BCUT2D eigenvalue weighted by Gasteiger charge is 2.20. The Balaban J connectivity index is 1.95. The minimum atomic E-state index is 0.429. The quantitative estimate of drug-likeness (QED) is 0.836. The topological polar surface area (TPSA) is 35.2 Å². The van der Waals surface area contributed by atoms with Crippen LogP contribution in [0.15, 0.2) is 18.2 Å². The van der Waals surface area contributed by atoms with Gasteiger partial charge in [-0.25, -0.2) is 0 Å². The van der Waals surface area contributed by atoms with Crippen LogP contribution in [0.25, 0.3) is 0 Å². The number of ether oxygens (including phenoxy) is 1. The molecule has 3 heteroatoms. The fourth-order valence-electron chi connectivity index (χ4n) is 1.61. The molecule has 2 N–H and O–H groups in total. The molecule has 1 aromatic rings. The molecule has 0 spiro atoms.